The first-order valence-electron chi connectivity index (χ1n) is 4.81. The van der Waals surface area contributed by atoms with Gasteiger partial charge in [0.1, 0.15) is 0 Å². The summed E-state index contributed by atoms with van der Waals surface area (Å²) in [5.74, 6) is 1.04. The second kappa shape index (κ2) is 6.16. The summed E-state index contributed by atoms with van der Waals surface area (Å²) in [7, 11) is 1.72. The van der Waals surface area contributed by atoms with Crippen LogP contribution < -0.4 is 5.32 Å². The van der Waals surface area contributed by atoms with Crippen LogP contribution >= 0.6 is 23.2 Å². The number of ether oxygens (including phenoxy) is 1. The molecular formula is C10H21Cl2NO. The van der Waals surface area contributed by atoms with Gasteiger partial charge in [-0.05, 0) is 33.7 Å². The maximum atomic E-state index is 5.81. The minimum absolute atomic E-state index is 0.0907. The third-order valence-electron chi connectivity index (χ3n) is 2.42. The monoisotopic (exact) mass is 241 g/mol. The van der Waals surface area contributed by atoms with Gasteiger partial charge in [0.25, 0.3) is 0 Å². The van der Waals surface area contributed by atoms with Crippen LogP contribution in [0.4, 0.5) is 0 Å². The molecule has 0 radical (unpaired) electrons. The van der Waals surface area contributed by atoms with Crippen LogP contribution in [0, 0.1) is 0 Å². The summed E-state index contributed by atoms with van der Waals surface area (Å²) in [5.41, 5.74) is -0.264. The smallest absolute Gasteiger partial charge is 0.0634 e. The number of nitrogens with one attached hydrogen (secondary N) is 1. The molecule has 2 nitrogen and oxygen atoms in total. The molecule has 0 saturated heterocycles. The maximum absolute atomic E-state index is 5.81. The van der Waals surface area contributed by atoms with Gasteiger partial charge in [0.2, 0.25) is 0 Å². The Kier molecular flexibility index (Phi) is 6.38. The second-order valence-corrected chi connectivity index (χ2v) is 5.00. The van der Waals surface area contributed by atoms with Crippen molar-refractivity contribution in [3.05, 3.63) is 0 Å². The molecule has 0 atom stereocenters. The normalized spacial score (nSPS) is 13.3. The molecule has 1 N–H and O–H groups in total. The van der Waals surface area contributed by atoms with Gasteiger partial charge in [-0.15, -0.1) is 23.2 Å². The zero-order chi connectivity index (χ0) is 11.2. The van der Waals surface area contributed by atoms with Crippen LogP contribution in [0.1, 0.15) is 27.2 Å². The molecule has 0 amide bonds. The van der Waals surface area contributed by atoms with Crippen molar-refractivity contribution in [3.63, 3.8) is 0 Å². The molecule has 0 aliphatic heterocycles. The van der Waals surface area contributed by atoms with E-state index in [9.17, 15) is 0 Å². The van der Waals surface area contributed by atoms with E-state index in [1.165, 1.54) is 0 Å². The van der Waals surface area contributed by atoms with Crippen molar-refractivity contribution in [3.8, 4) is 0 Å². The van der Waals surface area contributed by atoms with Crippen LogP contribution in [-0.4, -0.2) is 36.6 Å². The Labute approximate surface area is 97.3 Å². The average molecular weight is 242 g/mol. The molecule has 0 aliphatic rings. The molecule has 0 aromatic heterocycles. The Bertz CT molecular complexity index is 158. The first-order chi connectivity index (χ1) is 6.39. The summed E-state index contributed by atoms with van der Waals surface area (Å²) >= 11 is 11.6. The highest BCUT2D eigenvalue weighted by Crippen LogP contribution is 2.14. The lowest BCUT2D eigenvalue weighted by Crippen LogP contribution is -2.47. The largest absolute Gasteiger partial charge is 0.379 e. The fourth-order valence-corrected chi connectivity index (χ4v) is 1.37. The highest BCUT2D eigenvalue weighted by Gasteiger charge is 2.23. The first kappa shape index (κ1) is 14.5. The van der Waals surface area contributed by atoms with E-state index in [0.717, 1.165) is 13.0 Å². The molecular weight excluding hydrogens is 221 g/mol. The molecule has 0 unspecified atom stereocenters. The Morgan fingerprint density at radius 3 is 2.00 bits per heavy atom. The predicted molar refractivity (Wildman–Crippen MR) is 63.6 cm³/mol. The Morgan fingerprint density at radius 1 is 1.14 bits per heavy atom. The minimum atomic E-state index is -0.174. The van der Waals surface area contributed by atoms with Gasteiger partial charge in [-0.25, -0.2) is 0 Å². The van der Waals surface area contributed by atoms with Crippen molar-refractivity contribution in [2.75, 3.05) is 25.4 Å². The Morgan fingerprint density at radius 2 is 1.64 bits per heavy atom. The average Bonchev–Trinajstić information content (AvgIpc) is 2.17. The van der Waals surface area contributed by atoms with E-state index in [0.29, 0.717) is 11.8 Å². The number of alkyl halides is 2. The summed E-state index contributed by atoms with van der Waals surface area (Å²) in [6.45, 7) is 7.00. The van der Waals surface area contributed by atoms with E-state index in [1.54, 1.807) is 7.11 Å². The number of methoxy groups -OCH3 is 1. The maximum Gasteiger partial charge on any atom is 0.0634 e. The van der Waals surface area contributed by atoms with Crippen molar-refractivity contribution in [2.24, 2.45) is 0 Å². The van der Waals surface area contributed by atoms with Crippen molar-refractivity contribution in [1.29, 1.82) is 0 Å². The van der Waals surface area contributed by atoms with Crippen molar-refractivity contribution in [2.45, 2.75) is 38.3 Å². The predicted octanol–water partition coefficient (Wildman–Crippen LogP) is 2.63. The fourth-order valence-electron chi connectivity index (χ4n) is 0.898. The molecule has 4 heteroatoms. The molecule has 14 heavy (non-hydrogen) atoms. The van der Waals surface area contributed by atoms with E-state index < -0.39 is 0 Å². The topological polar surface area (TPSA) is 21.3 Å². The van der Waals surface area contributed by atoms with Crippen LogP contribution in [0.5, 0.6) is 0 Å². The highest BCUT2D eigenvalue weighted by atomic mass is 35.5. The van der Waals surface area contributed by atoms with Gasteiger partial charge in [-0.2, -0.15) is 0 Å². The van der Waals surface area contributed by atoms with Gasteiger partial charge in [-0.1, -0.05) is 0 Å². The zero-order valence-electron chi connectivity index (χ0n) is 9.49. The van der Waals surface area contributed by atoms with Gasteiger partial charge in [0.15, 0.2) is 0 Å². The minimum Gasteiger partial charge on any atom is -0.379 e. The van der Waals surface area contributed by atoms with E-state index in [-0.39, 0.29) is 11.1 Å². The number of hydrogen-bond donors (Lipinski definition) is 1. The lowest BCUT2D eigenvalue weighted by atomic mass is 10.0. The zero-order valence-corrected chi connectivity index (χ0v) is 11.0. The molecule has 0 spiro atoms. The molecule has 0 aliphatic carbocycles. The molecule has 86 valence electrons. The van der Waals surface area contributed by atoms with Gasteiger partial charge < -0.3 is 10.1 Å². The van der Waals surface area contributed by atoms with Crippen LogP contribution in [0.25, 0.3) is 0 Å². The number of rotatable bonds is 7. The third kappa shape index (κ3) is 5.40. The van der Waals surface area contributed by atoms with E-state index in [2.05, 4.69) is 19.2 Å². The van der Waals surface area contributed by atoms with Gasteiger partial charge in [-0.3, -0.25) is 0 Å². The van der Waals surface area contributed by atoms with Crippen LogP contribution in [0.2, 0.25) is 0 Å². The summed E-state index contributed by atoms with van der Waals surface area (Å²) in [4.78, 5) is 0. The van der Waals surface area contributed by atoms with Gasteiger partial charge >= 0.3 is 0 Å². The molecule has 0 rings (SSSR count). The summed E-state index contributed by atoms with van der Waals surface area (Å²) < 4.78 is 5.31. The Balaban J connectivity index is 3.83. The van der Waals surface area contributed by atoms with Gasteiger partial charge in [0.05, 0.1) is 5.60 Å². The van der Waals surface area contributed by atoms with Crippen molar-refractivity contribution < 1.29 is 4.74 Å². The van der Waals surface area contributed by atoms with E-state index >= 15 is 0 Å². The lowest BCUT2D eigenvalue weighted by molar-refractivity contribution is 0.0148. The van der Waals surface area contributed by atoms with Crippen molar-refractivity contribution in [1.82, 2.24) is 5.32 Å². The van der Waals surface area contributed by atoms with Crippen molar-refractivity contribution >= 4 is 23.2 Å². The van der Waals surface area contributed by atoms with E-state index in [1.807, 2.05) is 6.92 Å². The quantitative estimate of drug-likeness (QED) is 0.693. The van der Waals surface area contributed by atoms with Crippen LogP contribution in [0.3, 0.4) is 0 Å². The van der Waals surface area contributed by atoms with Crippen LogP contribution in [0.15, 0.2) is 0 Å². The summed E-state index contributed by atoms with van der Waals surface area (Å²) in [6.07, 6.45) is 0.937. The molecule has 0 aromatic rings. The van der Waals surface area contributed by atoms with Gasteiger partial charge in [0, 0.05) is 24.4 Å². The highest BCUT2D eigenvalue weighted by molar-refractivity contribution is 6.22. The summed E-state index contributed by atoms with van der Waals surface area (Å²) in [5, 5.41) is 3.34. The SMILES string of the molecule is COC(C)(C)CCNC(C)(CCl)CCl. The Hall–Kier alpha value is 0.500. The first-order valence-corrected chi connectivity index (χ1v) is 5.88. The number of halogens is 2. The fraction of sp³-hybridized carbons (Fsp3) is 1.00. The number of hydrogen-bond acceptors (Lipinski definition) is 2. The lowest BCUT2D eigenvalue weighted by Gasteiger charge is -2.29. The van der Waals surface area contributed by atoms with Crippen LogP contribution in [-0.2, 0) is 4.74 Å². The molecule has 0 fully saturated rings. The molecule has 0 saturated carbocycles. The second-order valence-electron chi connectivity index (χ2n) is 4.47. The van der Waals surface area contributed by atoms with E-state index in [4.69, 9.17) is 27.9 Å². The summed E-state index contributed by atoms with van der Waals surface area (Å²) in [6, 6.07) is 0. The molecule has 0 bridgehead atoms. The molecule has 0 aromatic carbocycles. The molecule has 0 heterocycles. The standard InChI is InChI=1S/C10H21Cl2NO/c1-9(2,14-4)5-6-13-10(3,7-11)8-12/h13H,5-8H2,1-4H3. The third-order valence-corrected chi connectivity index (χ3v) is 3.60.